The third-order valence-corrected chi connectivity index (χ3v) is 4.54. The number of rotatable bonds is 7. The Morgan fingerprint density at radius 1 is 1.15 bits per heavy atom. The predicted molar refractivity (Wildman–Crippen MR) is 96.5 cm³/mol. The molecule has 2 aromatic carbocycles. The summed E-state index contributed by atoms with van der Waals surface area (Å²) in [6, 6.07) is 10.6. The van der Waals surface area contributed by atoms with Crippen molar-refractivity contribution in [3.8, 4) is 11.1 Å². The first-order chi connectivity index (χ1) is 12.1. The molecule has 0 heterocycles. The third kappa shape index (κ3) is 4.39. The van der Waals surface area contributed by atoms with Crippen LogP contribution in [0, 0.1) is 11.2 Å². The van der Waals surface area contributed by atoms with Crippen molar-refractivity contribution in [2.75, 3.05) is 0 Å². The van der Waals surface area contributed by atoms with Gasteiger partial charge in [-0.05, 0) is 49.1 Å². The molecule has 2 rings (SSSR count). The molecule has 5 nitrogen and oxygen atoms in total. The van der Waals surface area contributed by atoms with Crippen molar-refractivity contribution in [1.82, 2.24) is 0 Å². The summed E-state index contributed by atoms with van der Waals surface area (Å²) in [5.41, 5.74) is 5.82. The highest BCUT2D eigenvalue weighted by atomic mass is 35.5. The van der Waals surface area contributed by atoms with Gasteiger partial charge >= 0.3 is 11.9 Å². The lowest BCUT2D eigenvalue weighted by Gasteiger charge is -2.23. The number of carboxylic acids is 2. The van der Waals surface area contributed by atoms with Gasteiger partial charge in [0, 0.05) is 16.6 Å². The van der Waals surface area contributed by atoms with Gasteiger partial charge in [-0.2, -0.15) is 0 Å². The molecular formula is C19H19ClFNO4. The van der Waals surface area contributed by atoms with E-state index in [1.807, 2.05) is 0 Å². The molecule has 0 aromatic heterocycles. The molecule has 0 amide bonds. The number of carboxylic acid groups (broad SMARTS) is 2. The number of nitrogens with two attached hydrogens (primary N) is 1. The largest absolute Gasteiger partial charge is 0.480 e. The topological polar surface area (TPSA) is 101 Å². The minimum atomic E-state index is -1.94. The second-order valence-corrected chi connectivity index (χ2v) is 6.87. The molecule has 0 bridgehead atoms. The number of carbonyl (C=O) groups is 2. The lowest BCUT2D eigenvalue weighted by molar-refractivity contribution is -0.164. The third-order valence-electron chi connectivity index (χ3n) is 4.31. The van der Waals surface area contributed by atoms with Crippen LogP contribution in [0.25, 0.3) is 11.1 Å². The highest BCUT2D eigenvalue weighted by molar-refractivity contribution is 6.30. The zero-order valence-corrected chi connectivity index (χ0v) is 14.8. The van der Waals surface area contributed by atoms with Gasteiger partial charge in [0.25, 0.3) is 0 Å². The van der Waals surface area contributed by atoms with Gasteiger partial charge in [-0.3, -0.25) is 9.59 Å². The van der Waals surface area contributed by atoms with Crippen LogP contribution in [0.4, 0.5) is 4.39 Å². The van der Waals surface area contributed by atoms with Gasteiger partial charge in [0.15, 0.2) is 5.41 Å². The zero-order valence-electron chi connectivity index (χ0n) is 14.1. The average Bonchev–Trinajstić information content (AvgIpc) is 2.57. The van der Waals surface area contributed by atoms with Gasteiger partial charge in [0.2, 0.25) is 0 Å². The van der Waals surface area contributed by atoms with E-state index in [1.165, 1.54) is 18.2 Å². The summed E-state index contributed by atoms with van der Waals surface area (Å²) in [7, 11) is 0. The first-order valence-electron chi connectivity index (χ1n) is 7.90. The SMILES string of the molecule is CC(C[C@@H](N)Cc1ccc(-c2cc(Cl)ccc2F)cc1)(C(=O)O)C(=O)O. The first kappa shape index (κ1) is 19.9. The molecule has 138 valence electrons. The Kier molecular flexibility index (Phi) is 6.00. The second-order valence-electron chi connectivity index (χ2n) is 6.43. The molecule has 0 fully saturated rings. The normalized spacial score (nSPS) is 12.6. The van der Waals surface area contributed by atoms with Crippen LogP contribution in [-0.4, -0.2) is 28.2 Å². The maximum atomic E-state index is 13.9. The zero-order chi connectivity index (χ0) is 19.5. The van der Waals surface area contributed by atoms with Gasteiger partial charge < -0.3 is 15.9 Å². The van der Waals surface area contributed by atoms with Crippen molar-refractivity contribution >= 4 is 23.5 Å². The average molecular weight is 380 g/mol. The predicted octanol–water partition coefficient (Wildman–Crippen LogP) is 3.58. The summed E-state index contributed by atoms with van der Waals surface area (Å²) in [6.45, 7) is 1.14. The molecule has 2 aromatic rings. The van der Waals surface area contributed by atoms with E-state index in [0.29, 0.717) is 22.6 Å². The summed E-state index contributed by atoms with van der Waals surface area (Å²) in [4.78, 5) is 22.5. The number of halogens is 2. The Hall–Kier alpha value is -2.44. The molecule has 26 heavy (non-hydrogen) atoms. The Bertz CT molecular complexity index is 809. The first-order valence-corrected chi connectivity index (χ1v) is 8.28. The summed E-state index contributed by atoms with van der Waals surface area (Å²) >= 11 is 5.90. The highest BCUT2D eigenvalue weighted by Gasteiger charge is 2.42. The summed E-state index contributed by atoms with van der Waals surface area (Å²) in [5, 5.41) is 18.7. The molecule has 0 saturated carbocycles. The van der Waals surface area contributed by atoms with E-state index in [0.717, 1.165) is 12.5 Å². The van der Waals surface area contributed by atoms with Crippen LogP contribution in [0.5, 0.6) is 0 Å². The summed E-state index contributed by atoms with van der Waals surface area (Å²) < 4.78 is 13.9. The van der Waals surface area contributed by atoms with Crippen molar-refractivity contribution in [3.05, 3.63) is 58.9 Å². The minimum absolute atomic E-state index is 0.206. The molecule has 0 saturated heterocycles. The monoisotopic (exact) mass is 379 g/mol. The quantitative estimate of drug-likeness (QED) is 0.638. The van der Waals surface area contributed by atoms with Crippen LogP contribution < -0.4 is 5.73 Å². The van der Waals surface area contributed by atoms with Crippen LogP contribution in [-0.2, 0) is 16.0 Å². The van der Waals surface area contributed by atoms with Gasteiger partial charge in [-0.15, -0.1) is 0 Å². The van der Waals surface area contributed by atoms with E-state index in [2.05, 4.69) is 0 Å². The number of aliphatic carboxylic acids is 2. The van der Waals surface area contributed by atoms with Gasteiger partial charge in [0.05, 0.1) is 0 Å². The van der Waals surface area contributed by atoms with Gasteiger partial charge in [-0.1, -0.05) is 35.9 Å². The van der Waals surface area contributed by atoms with Crippen LogP contribution in [0.2, 0.25) is 5.02 Å². The van der Waals surface area contributed by atoms with Crippen molar-refractivity contribution in [2.45, 2.75) is 25.8 Å². The Morgan fingerprint density at radius 2 is 1.73 bits per heavy atom. The molecule has 0 aliphatic carbocycles. The van der Waals surface area contributed by atoms with Crippen LogP contribution in [0.15, 0.2) is 42.5 Å². The Morgan fingerprint density at radius 3 is 2.27 bits per heavy atom. The fourth-order valence-corrected chi connectivity index (χ4v) is 2.88. The molecule has 1 atom stereocenters. The van der Waals surface area contributed by atoms with Crippen molar-refractivity contribution in [1.29, 1.82) is 0 Å². The van der Waals surface area contributed by atoms with Crippen LogP contribution >= 0.6 is 11.6 Å². The maximum absolute atomic E-state index is 13.9. The van der Waals surface area contributed by atoms with Crippen LogP contribution in [0.1, 0.15) is 18.9 Å². The van der Waals surface area contributed by atoms with Gasteiger partial charge in [-0.25, -0.2) is 4.39 Å². The molecule has 0 aliphatic heterocycles. The van der Waals surface area contributed by atoms with Crippen molar-refractivity contribution in [2.24, 2.45) is 11.1 Å². The number of hydrogen-bond donors (Lipinski definition) is 3. The highest BCUT2D eigenvalue weighted by Crippen LogP contribution is 2.28. The molecule has 0 aliphatic rings. The van der Waals surface area contributed by atoms with Crippen molar-refractivity contribution < 1.29 is 24.2 Å². The van der Waals surface area contributed by atoms with Crippen LogP contribution in [0.3, 0.4) is 0 Å². The van der Waals surface area contributed by atoms with E-state index >= 15 is 0 Å². The van der Waals surface area contributed by atoms with E-state index in [-0.39, 0.29) is 6.42 Å². The smallest absolute Gasteiger partial charge is 0.320 e. The Labute approximate surface area is 155 Å². The van der Waals surface area contributed by atoms with E-state index in [4.69, 9.17) is 27.5 Å². The molecule has 0 unspecified atom stereocenters. The summed E-state index contributed by atoms with van der Waals surface area (Å²) in [6.07, 6.45) is 0.0940. The molecule has 0 radical (unpaired) electrons. The molecular weight excluding hydrogens is 361 g/mol. The minimum Gasteiger partial charge on any atom is -0.480 e. The van der Waals surface area contributed by atoms with E-state index < -0.39 is 29.2 Å². The van der Waals surface area contributed by atoms with Gasteiger partial charge in [0.1, 0.15) is 5.82 Å². The lowest BCUT2D eigenvalue weighted by Crippen LogP contribution is -2.42. The van der Waals surface area contributed by atoms with E-state index in [1.54, 1.807) is 24.3 Å². The standard InChI is InChI=1S/C19H19ClFNO4/c1-19(17(23)24,18(25)26)10-14(22)8-11-2-4-12(5-3-11)15-9-13(20)6-7-16(15)21/h2-7,9,14H,8,10,22H2,1H3,(H,23,24)(H,25,26)/t14-/m0/s1. The Balaban J connectivity index is 2.13. The fourth-order valence-electron chi connectivity index (χ4n) is 2.70. The molecule has 7 heteroatoms. The fraction of sp³-hybridized carbons (Fsp3) is 0.263. The summed E-state index contributed by atoms with van der Waals surface area (Å²) in [5.74, 6) is -3.24. The second kappa shape index (κ2) is 7.85. The van der Waals surface area contributed by atoms with E-state index in [9.17, 15) is 14.0 Å². The number of hydrogen-bond acceptors (Lipinski definition) is 3. The molecule has 4 N–H and O–H groups in total. The molecule has 0 spiro atoms. The lowest BCUT2D eigenvalue weighted by atomic mass is 9.82. The number of benzene rings is 2. The van der Waals surface area contributed by atoms with Crippen molar-refractivity contribution in [3.63, 3.8) is 0 Å². The maximum Gasteiger partial charge on any atom is 0.320 e.